The molecular formula is C9H19N. The molecule has 2 N–H and O–H groups in total. The SMILES string of the molecule is CCC(=CC(N)CC)CC. The minimum absolute atomic E-state index is 0.273. The number of allylic oxidation sites excluding steroid dienone is 1. The van der Waals surface area contributed by atoms with Crippen molar-refractivity contribution in [1.29, 1.82) is 0 Å². The molecule has 0 amide bonds. The van der Waals surface area contributed by atoms with Crippen LogP contribution < -0.4 is 5.73 Å². The van der Waals surface area contributed by atoms with Gasteiger partial charge in [-0.25, -0.2) is 0 Å². The van der Waals surface area contributed by atoms with Crippen LogP contribution in [0.4, 0.5) is 0 Å². The van der Waals surface area contributed by atoms with Crippen molar-refractivity contribution in [1.82, 2.24) is 0 Å². The van der Waals surface area contributed by atoms with Crippen LogP contribution in [0.25, 0.3) is 0 Å². The highest BCUT2D eigenvalue weighted by Crippen LogP contribution is 2.06. The Kier molecular flexibility index (Phi) is 5.32. The zero-order valence-electron chi connectivity index (χ0n) is 7.35. The van der Waals surface area contributed by atoms with Gasteiger partial charge in [0.1, 0.15) is 0 Å². The second kappa shape index (κ2) is 5.48. The van der Waals surface area contributed by atoms with Gasteiger partial charge in [-0.3, -0.25) is 0 Å². The average Bonchev–Trinajstić information content (AvgIpc) is 1.99. The molecule has 0 saturated heterocycles. The van der Waals surface area contributed by atoms with Crippen LogP contribution in [0.3, 0.4) is 0 Å². The molecule has 0 saturated carbocycles. The molecule has 1 atom stereocenters. The first-order chi connectivity index (χ1) is 4.74. The van der Waals surface area contributed by atoms with Crippen molar-refractivity contribution in [2.75, 3.05) is 0 Å². The fourth-order valence-corrected chi connectivity index (χ4v) is 0.906. The predicted octanol–water partition coefficient (Wildman–Crippen LogP) is 2.47. The molecule has 0 fully saturated rings. The first kappa shape index (κ1) is 9.70. The highest BCUT2D eigenvalue weighted by atomic mass is 14.6. The predicted molar refractivity (Wildman–Crippen MR) is 46.9 cm³/mol. The lowest BCUT2D eigenvalue weighted by atomic mass is 10.1. The second-order valence-electron chi connectivity index (χ2n) is 2.60. The minimum atomic E-state index is 0.273. The summed E-state index contributed by atoms with van der Waals surface area (Å²) in [4.78, 5) is 0. The van der Waals surface area contributed by atoms with E-state index in [9.17, 15) is 0 Å². The van der Waals surface area contributed by atoms with E-state index in [0.29, 0.717) is 0 Å². The van der Waals surface area contributed by atoms with Crippen molar-refractivity contribution < 1.29 is 0 Å². The van der Waals surface area contributed by atoms with Crippen LogP contribution in [0.2, 0.25) is 0 Å². The molecule has 0 aromatic heterocycles. The van der Waals surface area contributed by atoms with E-state index >= 15 is 0 Å². The smallest absolute Gasteiger partial charge is 0.0223 e. The van der Waals surface area contributed by atoms with Gasteiger partial charge >= 0.3 is 0 Å². The van der Waals surface area contributed by atoms with Crippen molar-refractivity contribution in [2.45, 2.75) is 46.1 Å². The quantitative estimate of drug-likeness (QED) is 0.598. The Labute approximate surface area is 64.3 Å². The van der Waals surface area contributed by atoms with Crippen LogP contribution in [0.5, 0.6) is 0 Å². The molecule has 1 nitrogen and oxygen atoms in total. The Bertz CT molecular complexity index is 99.3. The molecule has 10 heavy (non-hydrogen) atoms. The fraction of sp³-hybridized carbons (Fsp3) is 0.778. The fourth-order valence-electron chi connectivity index (χ4n) is 0.906. The maximum Gasteiger partial charge on any atom is 0.0223 e. The lowest BCUT2D eigenvalue weighted by molar-refractivity contribution is 0.764. The van der Waals surface area contributed by atoms with E-state index < -0.39 is 0 Å². The van der Waals surface area contributed by atoms with E-state index in [1.807, 2.05) is 0 Å². The molecule has 0 aliphatic carbocycles. The van der Waals surface area contributed by atoms with Crippen molar-refractivity contribution >= 4 is 0 Å². The Morgan fingerprint density at radius 2 is 1.80 bits per heavy atom. The Balaban J connectivity index is 3.83. The van der Waals surface area contributed by atoms with Gasteiger partial charge in [0.15, 0.2) is 0 Å². The lowest BCUT2D eigenvalue weighted by Gasteiger charge is -2.05. The number of rotatable bonds is 4. The molecule has 1 unspecified atom stereocenters. The van der Waals surface area contributed by atoms with Crippen LogP contribution in [-0.2, 0) is 0 Å². The number of nitrogens with two attached hydrogens (primary N) is 1. The Morgan fingerprint density at radius 1 is 1.30 bits per heavy atom. The average molecular weight is 141 g/mol. The van der Waals surface area contributed by atoms with Crippen molar-refractivity contribution in [2.24, 2.45) is 5.73 Å². The van der Waals surface area contributed by atoms with Gasteiger partial charge in [0.05, 0.1) is 0 Å². The summed E-state index contributed by atoms with van der Waals surface area (Å²) in [5.74, 6) is 0. The standard InChI is InChI=1S/C9H19N/c1-4-8(5-2)7-9(10)6-3/h7,9H,4-6,10H2,1-3H3. The van der Waals surface area contributed by atoms with Gasteiger partial charge in [0, 0.05) is 6.04 Å². The Hall–Kier alpha value is -0.300. The summed E-state index contributed by atoms with van der Waals surface area (Å²) in [5, 5.41) is 0. The van der Waals surface area contributed by atoms with Gasteiger partial charge in [-0.15, -0.1) is 0 Å². The minimum Gasteiger partial charge on any atom is -0.324 e. The molecular weight excluding hydrogens is 122 g/mol. The molecule has 0 radical (unpaired) electrons. The van der Waals surface area contributed by atoms with Crippen molar-refractivity contribution in [3.05, 3.63) is 11.6 Å². The maximum atomic E-state index is 5.75. The second-order valence-corrected chi connectivity index (χ2v) is 2.60. The molecule has 0 aliphatic heterocycles. The van der Waals surface area contributed by atoms with Gasteiger partial charge in [-0.2, -0.15) is 0 Å². The summed E-state index contributed by atoms with van der Waals surface area (Å²) in [6, 6.07) is 0.273. The molecule has 0 aromatic rings. The molecule has 0 aliphatic rings. The third-order valence-electron chi connectivity index (χ3n) is 1.83. The first-order valence-electron chi connectivity index (χ1n) is 4.19. The molecule has 1 heteroatoms. The monoisotopic (exact) mass is 141 g/mol. The summed E-state index contributed by atoms with van der Waals surface area (Å²) in [7, 11) is 0. The molecule has 0 spiro atoms. The van der Waals surface area contributed by atoms with Gasteiger partial charge in [0.25, 0.3) is 0 Å². The van der Waals surface area contributed by atoms with Crippen molar-refractivity contribution in [3.63, 3.8) is 0 Å². The highest BCUT2D eigenvalue weighted by molar-refractivity contribution is 5.04. The summed E-state index contributed by atoms with van der Waals surface area (Å²) in [5.41, 5.74) is 7.23. The van der Waals surface area contributed by atoms with Gasteiger partial charge in [-0.05, 0) is 19.3 Å². The van der Waals surface area contributed by atoms with E-state index in [4.69, 9.17) is 5.73 Å². The van der Waals surface area contributed by atoms with Crippen LogP contribution in [0.15, 0.2) is 11.6 Å². The molecule has 0 rings (SSSR count). The maximum absolute atomic E-state index is 5.75. The van der Waals surface area contributed by atoms with E-state index in [2.05, 4.69) is 26.8 Å². The van der Waals surface area contributed by atoms with Gasteiger partial charge in [0.2, 0.25) is 0 Å². The van der Waals surface area contributed by atoms with Gasteiger partial charge in [-0.1, -0.05) is 32.4 Å². The zero-order chi connectivity index (χ0) is 7.98. The molecule has 0 bridgehead atoms. The van der Waals surface area contributed by atoms with E-state index in [-0.39, 0.29) is 6.04 Å². The third-order valence-corrected chi connectivity index (χ3v) is 1.83. The summed E-state index contributed by atoms with van der Waals surface area (Å²) < 4.78 is 0. The molecule has 0 aromatic carbocycles. The van der Waals surface area contributed by atoms with Crippen molar-refractivity contribution in [3.8, 4) is 0 Å². The van der Waals surface area contributed by atoms with Crippen LogP contribution in [0, 0.1) is 0 Å². The summed E-state index contributed by atoms with van der Waals surface area (Å²) in [6.45, 7) is 6.47. The largest absolute Gasteiger partial charge is 0.324 e. The number of hydrogen-bond acceptors (Lipinski definition) is 1. The lowest BCUT2D eigenvalue weighted by Crippen LogP contribution is -2.15. The summed E-state index contributed by atoms with van der Waals surface area (Å²) >= 11 is 0. The van der Waals surface area contributed by atoms with Crippen LogP contribution in [0.1, 0.15) is 40.0 Å². The molecule has 60 valence electrons. The first-order valence-corrected chi connectivity index (χ1v) is 4.19. The van der Waals surface area contributed by atoms with Crippen LogP contribution >= 0.6 is 0 Å². The van der Waals surface area contributed by atoms with E-state index in [0.717, 1.165) is 19.3 Å². The van der Waals surface area contributed by atoms with E-state index in [1.165, 1.54) is 5.57 Å². The van der Waals surface area contributed by atoms with E-state index in [1.54, 1.807) is 0 Å². The Morgan fingerprint density at radius 3 is 2.10 bits per heavy atom. The number of hydrogen-bond donors (Lipinski definition) is 1. The van der Waals surface area contributed by atoms with Crippen LogP contribution in [-0.4, -0.2) is 6.04 Å². The third kappa shape index (κ3) is 3.67. The highest BCUT2D eigenvalue weighted by Gasteiger charge is 1.95. The van der Waals surface area contributed by atoms with Gasteiger partial charge < -0.3 is 5.73 Å². The normalized spacial score (nSPS) is 12.8. The summed E-state index contributed by atoms with van der Waals surface area (Å²) in [6.07, 6.45) is 5.53. The molecule has 0 heterocycles. The zero-order valence-corrected chi connectivity index (χ0v) is 7.35. The topological polar surface area (TPSA) is 26.0 Å².